The van der Waals surface area contributed by atoms with Gasteiger partial charge in [0, 0.05) is 16.3 Å². The molecule has 4 nitrogen and oxygen atoms in total. The molecule has 1 aromatic heterocycles. The van der Waals surface area contributed by atoms with Gasteiger partial charge in [0.05, 0.1) is 0 Å². The third-order valence-corrected chi connectivity index (χ3v) is 2.67. The molecule has 0 radical (unpaired) electrons. The van der Waals surface area contributed by atoms with Crippen LogP contribution in [0.25, 0.3) is 0 Å². The van der Waals surface area contributed by atoms with Crippen LogP contribution < -0.4 is 5.32 Å². The van der Waals surface area contributed by atoms with Crippen LogP contribution in [0.4, 0.5) is 0 Å². The highest BCUT2D eigenvalue weighted by molar-refractivity contribution is 14.1. The van der Waals surface area contributed by atoms with Crippen molar-refractivity contribution in [1.29, 1.82) is 0 Å². The zero-order valence-electron chi connectivity index (χ0n) is 9.53. The van der Waals surface area contributed by atoms with E-state index in [1.807, 2.05) is 20.2 Å². The average Bonchev–Trinajstić information content (AvgIpc) is 2.25. The highest BCUT2D eigenvalue weighted by atomic mass is 131. The molecule has 1 rings (SSSR count). The van der Waals surface area contributed by atoms with Crippen LogP contribution in [0.5, 0.6) is 0 Å². The maximum absolute atomic E-state index is 11.6. The first-order valence-electron chi connectivity index (χ1n) is 5.14. The third kappa shape index (κ3) is 4.89. The second-order valence-corrected chi connectivity index (χ2v) is 5.02. The lowest BCUT2D eigenvalue weighted by molar-refractivity contribution is 0.0947. The lowest BCUT2D eigenvalue weighted by atomic mass is 10.3. The van der Waals surface area contributed by atoms with E-state index in [4.69, 9.17) is 0 Å². The maximum Gasteiger partial charge on any atom is 0.269 e. The molecule has 1 aromatic rings. The summed E-state index contributed by atoms with van der Waals surface area (Å²) in [5, 5.41) is 2.84. The minimum atomic E-state index is -0.102. The van der Waals surface area contributed by atoms with E-state index in [1.54, 1.807) is 12.3 Å². The molecule has 0 fully saturated rings. The molecule has 0 spiro atoms. The minimum absolute atomic E-state index is 0.102. The van der Waals surface area contributed by atoms with Crippen molar-refractivity contribution in [1.82, 2.24) is 15.2 Å². The maximum atomic E-state index is 11.6. The number of hydrogen-bond donors (Lipinski definition) is 1. The number of nitrogens with one attached hydrogen (secondary N) is 1. The van der Waals surface area contributed by atoms with Crippen LogP contribution in [-0.4, -0.2) is 43.0 Å². The predicted octanol–water partition coefficient (Wildman–Crippen LogP) is 1.37. The summed E-state index contributed by atoms with van der Waals surface area (Å²) < 4.78 is 1.03. The Morgan fingerprint density at radius 1 is 1.50 bits per heavy atom. The van der Waals surface area contributed by atoms with Crippen LogP contribution in [0.1, 0.15) is 16.9 Å². The lowest BCUT2D eigenvalue weighted by Gasteiger charge is -2.09. The first-order valence-corrected chi connectivity index (χ1v) is 6.22. The van der Waals surface area contributed by atoms with Crippen molar-refractivity contribution < 1.29 is 4.79 Å². The molecule has 0 aliphatic carbocycles. The van der Waals surface area contributed by atoms with Gasteiger partial charge >= 0.3 is 0 Å². The van der Waals surface area contributed by atoms with Gasteiger partial charge in [-0.1, -0.05) is 0 Å². The molecule has 0 unspecified atom stereocenters. The molecule has 0 saturated heterocycles. The highest BCUT2D eigenvalue weighted by Crippen LogP contribution is 2.02. The van der Waals surface area contributed by atoms with Crippen molar-refractivity contribution >= 4 is 28.5 Å². The summed E-state index contributed by atoms with van der Waals surface area (Å²) >= 11 is 2.16. The van der Waals surface area contributed by atoms with E-state index in [9.17, 15) is 4.79 Å². The Bertz CT molecular complexity index is 338. The van der Waals surface area contributed by atoms with Gasteiger partial charge in [0.2, 0.25) is 0 Å². The molecule has 1 amide bonds. The van der Waals surface area contributed by atoms with Gasteiger partial charge in [-0.15, -0.1) is 0 Å². The fourth-order valence-corrected chi connectivity index (χ4v) is 1.52. The SMILES string of the molecule is CN(C)CCCNC(=O)c1ccc([131I])cn1. The molecule has 0 atom stereocenters. The van der Waals surface area contributed by atoms with E-state index in [0.717, 1.165) is 16.5 Å². The molecule has 0 aromatic carbocycles. The number of halogens is 1. The van der Waals surface area contributed by atoms with Gasteiger partial charge in [-0.3, -0.25) is 4.79 Å². The second-order valence-electron chi connectivity index (χ2n) is 3.77. The number of carbonyl (C=O) groups is 1. The largest absolute Gasteiger partial charge is 0.351 e. The van der Waals surface area contributed by atoms with E-state index in [2.05, 4.69) is 37.8 Å². The summed E-state index contributed by atoms with van der Waals surface area (Å²) in [6.07, 6.45) is 2.64. The zero-order chi connectivity index (χ0) is 12.0. The average molecular weight is 337 g/mol. The zero-order valence-corrected chi connectivity index (χ0v) is 11.7. The molecule has 5 heteroatoms. The number of hydrogen-bond acceptors (Lipinski definition) is 3. The number of rotatable bonds is 5. The van der Waals surface area contributed by atoms with Crippen LogP contribution in [0.3, 0.4) is 0 Å². The Labute approximate surface area is 110 Å². The number of nitrogens with zero attached hydrogens (tertiary/aromatic N) is 2. The first-order chi connectivity index (χ1) is 7.59. The highest BCUT2D eigenvalue weighted by Gasteiger charge is 2.05. The molecule has 0 aliphatic heterocycles. The molecule has 88 valence electrons. The Balaban J connectivity index is 2.32. The summed E-state index contributed by atoms with van der Waals surface area (Å²) in [5.74, 6) is -0.102. The van der Waals surface area contributed by atoms with Crippen molar-refractivity contribution in [2.24, 2.45) is 0 Å². The Morgan fingerprint density at radius 2 is 2.25 bits per heavy atom. The molecule has 0 bridgehead atoms. The van der Waals surface area contributed by atoms with Crippen LogP contribution in [0, 0.1) is 3.57 Å². The van der Waals surface area contributed by atoms with Gasteiger partial charge in [-0.25, -0.2) is 4.98 Å². The van der Waals surface area contributed by atoms with Gasteiger partial charge in [0.15, 0.2) is 0 Å². The van der Waals surface area contributed by atoms with E-state index in [1.165, 1.54) is 0 Å². The Morgan fingerprint density at radius 3 is 2.81 bits per heavy atom. The normalized spacial score (nSPS) is 10.5. The van der Waals surface area contributed by atoms with Crippen LogP contribution in [0.2, 0.25) is 0 Å². The summed E-state index contributed by atoms with van der Waals surface area (Å²) in [6.45, 7) is 1.66. The van der Waals surface area contributed by atoms with E-state index in [-0.39, 0.29) is 5.91 Å². The number of pyridine rings is 1. The fraction of sp³-hybridized carbons (Fsp3) is 0.455. The fourth-order valence-electron chi connectivity index (χ4n) is 1.20. The van der Waals surface area contributed by atoms with Gasteiger partial charge in [0.25, 0.3) is 5.91 Å². The lowest BCUT2D eigenvalue weighted by Crippen LogP contribution is -2.27. The Kier molecular flexibility index (Phi) is 5.68. The molecule has 16 heavy (non-hydrogen) atoms. The van der Waals surface area contributed by atoms with E-state index >= 15 is 0 Å². The monoisotopic (exact) mass is 337 g/mol. The minimum Gasteiger partial charge on any atom is -0.351 e. The topological polar surface area (TPSA) is 45.2 Å². The van der Waals surface area contributed by atoms with Crippen molar-refractivity contribution in [3.05, 3.63) is 27.6 Å². The number of aromatic nitrogens is 1. The van der Waals surface area contributed by atoms with Crippen LogP contribution in [0.15, 0.2) is 18.3 Å². The molecular formula is C11H16IN3O. The van der Waals surface area contributed by atoms with Crippen molar-refractivity contribution in [3.63, 3.8) is 0 Å². The number of amides is 1. The van der Waals surface area contributed by atoms with E-state index < -0.39 is 0 Å². The second kappa shape index (κ2) is 6.80. The Hall–Kier alpha value is -0.690. The molecule has 1 heterocycles. The summed E-state index contributed by atoms with van der Waals surface area (Å²) in [5.41, 5.74) is 0.477. The first kappa shape index (κ1) is 13.4. The van der Waals surface area contributed by atoms with E-state index in [0.29, 0.717) is 12.2 Å². The third-order valence-electron chi connectivity index (χ3n) is 2.03. The van der Waals surface area contributed by atoms with Gasteiger partial charge in [0.1, 0.15) is 5.69 Å². The van der Waals surface area contributed by atoms with Crippen molar-refractivity contribution in [2.45, 2.75) is 6.42 Å². The van der Waals surface area contributed by atoms with Crippen LogP contribution >= 0.6 is 22.6 Å². The van der Waals surface area contributed by atoms with Gasteiger partial charge < -0.3 is 10.2 Å². The molecule has 0 aliphatic rings. The summed E-state index contributed by atoms with van der Waals surface area (Å²) in [6, 6.07) is 3.62. The quantitative estimate of drug-likeness (QED) is 0.652. The summed E-state index contributed by atoms with van der Waals surface area (Å²) in [4.78, 5) is 17.8. The number of carbonyl (C=O) groups excluding carboxylic acids is 1. The molecule has 0 saturated carbocycles. The van der Waals surface area contributed by atoms with Crippen molar-refractivity contribution in [2.75, 3.05) is 27.2 Å². The van der Waals surface area contributed by atoms with Gasteiger partial charge in [-0.05, 0) is 61.8 Å². The van der Waals surface area contributed by atoms with Crippen LogP contribution in [-0.2, 0) is 0 Å². The molecular weight excluding hydrogens is 321 g/mol. The van der Waals surface area contributed by atoms with Gasteiger partial charge in [-0.2, -0.15) is 0 Å². The molecule has 1 N–H and O–H groups in total. The standard InChI is InChI=1S/C11H16IN3O/c1-15(2)7-3-6-13-11(16)10-5-4-9(12)8-14-10/h4-5,8H,3,6-7H2,1-2H3,(H,13,16)/i12+4. The summed E-state index contributed by atoms with van der Waals surface area (Å²) in [7, 11) is 4.03. The predicted molar refractivity (Wildman–Crippen MR) is 72.5 cm³/mol. The van der Waals surface area contributed by atoms with Crippen molar-refractivity contribution in [3.8, 4) is 0 Å². The smallest absolute Gasteiger partial charge is 0.269 e.